The van der Waals surface area contributed by atoms with Gasteiger partial charge in [0, 0.05) is 25.1 Å². The highest BCUT2D eigenvalue weighted by molar-refractivity contribution is 7.09. The third-order valence-corrected chi connectivity index (χ3v) is 4.34. The van der Waals surface area contributed by atoms with E-state index in [-0.39, 0.29) is 0 Å². The van der Waals surface area contributed by atoms with Gasteiger partial charge < -0.3 is 4.74 Å². The second-order valence-corrected chi connectivity index (χ2v) is 5.39. The summed E-state index contributed by atoms with van der Waals surface area (Å²) in [6.45, 7) is 6.06. The largest absolute Gasteiger partial charge is 0.380 e. The molecule has 0 amide bonds. The van der Waals surface area contributed by atoms with E-state index < -0.39 is 0 Å². The predicted octanol–water partition coefficient (Wildman–Crippen LogP) is 3.06. The van der Waals surface area contributed by atoms with E-state index in [1.807, 2.05) is 0 Å². The van der Waals surface area contributed by atoms with E-state index in [4.69, 9.17) is 16.3 Å². The molecule has 1 saturated heterocycles. The number of aromatic nitrogens is 1. The fourth-order valence-corrected chi connectivity index (χ4v) is 3.47. The van der Waals surface area contributed by atoms with E-state index in [0.717, 1.165) is 44.8 Å². The molecule has 1 atom stereocenters. The van der Waals surface area contributed by atoms with Crippen LogP contribution in [0.25, 0.3) is 0 Å². The van der Waals surface area contributed by atoms with Crippen molar-refractivity contribution in [3.05, 3.63) is 16.1 Å². The molecule has 0 spiro atoms. The van der Waals surface area contributed by atoms with Crippen molar-refractivity contribution >= 4 is 22.9 Å². The summed E-state index contributed by atoms with van der Waals surface area (Å²) >= 11 is 7.54. The lowest BCUT2D eigenvalue weighted by Crippen LogP contribution is -2.30. The van der Waals surface area contributed by atoms with E-state index in [1.54, 1.807) is 11.3 Å². The summed E-state index contributed by atoms with van der Waals surface area (Å²) < 4.78 is 5.50. The number of halogens is 1. The summed E-state index contributed by atoms with van der Waals surface area (Å²) in [6.07, 6.45) is 2.21. The number of ether oxygens (including phenoxy) is 1. The Morgan fingerprint density at radius 1 is 1.53 bits per heavy atom. The number of thiazole rings is 1. The lowest BCUT2D eigenvalue weighted by molar-refractivity contribution is 0.130. The Morgan fingerprint density at radius 2 is 2.41 bits per heavy atom. The summed E-state index contributed by atoms with van der Waals surface area (Å²) in [5.74, 6) is 0.510. The third kappa shape index (κ3) is 3.41. The van der Waals surface area contributed by atoms with Crippen LogP contribution in [0.2, 0.25) is 0 Å². The summed E-state index contributed by atoms with van der Waals surface area (Å²) in [6, 6.07) is 0.429. The van der Waals surface area contributed by atoms with Crippen molar-refractivity contribution in [1.29, 1.82) is 0 Å². The van der Waals surface area contributed by atoms with E-state index in [1.165, 1.54) is 5.01 Å². The van der Waals surface area contributed by atoms with Gasteiger partial charge in [0.25, 0.3) is 0 Å². The number of nitrogens with zero attached hydrogens (tertiary/aromatic N) is 2. The molecule has 1 unspecified atom stereocenters. The molecular formula is C12H19ClN2OS. The van der Waals surface area contributed by atoms with Crippen LogP contribution >= 0.6 is 22.9 Å². The summed E-state index contributed by atoms with van der Waals surface area (Å²) in [5, 5.41) is 3.27. The smallest absolute Gasteiger partial charge is 0.110 e. The lowest BCUT2D eigenvalue weighted by Gasteiger charge is -2.27. The minimum atomic E-state index is 0.429. The van der Waals surface area contributed by atoms with Gasteiger partial charge in [0.2, 0.25) is 0 Å². The monoisotopic (exact) mass is 274 g/mol. The second-order valence-electron chi connectivity index (χ2n) is 4.24. The van der Waals surface area contributed by atoms with Crippen molar-refractivity contribution in [1.82, 2.24) is 9.88 Å². The van der Waals surface area contributed by atoms with Gasteiger partial charge in [0.05, 0.1) is 24.2 Å². The molecule has 2 rings (SSSR count). The molecular weight excluding hydrogens is 256 g/mol. The minimum Gasteiger partial charge on any atom is -0.380 e. The van der Waals surface area contributed by atoms with E-state index in [0.29, 0.717) is 11.9 Å². The molecule has 17 heavy (non-hydrogen) atoms. The van der Waals surface area contributed by atoms with Gasteiger partial charge in [-0.25, -0.2) is 4.98 Å². The Morgan fingerprint density at radius 3 is 3.12 bits per heavy atom. The molecule has 1 aromatic heterocycles. The highest BCUT2D eigenvalue weighted by Gasteiger charge is 2.22. The quantitative estimate of drug-likeness (QED) is 0.789. The van der Waals surface area contributed by atoms with Gasteiger partial charge in [0.15, 0.2) is 0 Å². The molecule has 1 fully saturated rings. The normalized spacial score (nSPS) is 20.1. The van der Waals surface area contributed by atoms with Crippen LogP contribution in [0.1, 0.15) is 36.5 Å². The molecule has 0 bridgehead atoms. The Bertz CT molecular complexity index is 337. The van der Waals surface area contributed by atoms with Crippen LogP contribution in [-0.2, 0) is 10.6 Å². The zero-order valence-electron chi connectivity index (χ0n) is 10.2. The first-order valence-electron chi connectivity index (χ1n) is 6.17. The van der Waals surface area contributed by atoms with Gasteiger partial charge in [-0.05, 0) is 12.8 Å². The lowest BCUT2D eigenvalue weighted by atomic mass is 10.2. The zero-order valence-corrected chi connectivity index (χ0v) is 11.8. The molecule has 2 heterocycles. The first-order valence-corrected chi connectivity index (χ1v) is 7.58. The maximum Gasteiger partial charge on any atom is 0.110 e. The van der Waals surface area contributed by atoms with Crippen LogP contribution in [-0.4, -0.2) is 36.2 Å². The van der Waals surface area contributed by atoms with Gasteiger partial charge in [-0.15, -0.1) is 22.9 Å². The Labute approximate surface area is 112 Å². The average Bonchev–Trinajstić information content (AvgIpc) is 2.66. The van der Waals surface area contributed by atoms with E-state index in [9.17, 15) is 0 Å². The highest BCUT2D eigenvalue weighted by atomic mass is 35.5. The number of hydrogen-bond acceptors (Lipinski definition) is 4. The minimum absolute atomic E-state index is 0.429. The fourth-order valence-electron chi connectivity index (χ4n) is 2.20. The van der Waals surface area contributed by atoms with Gasteiger partial charge in [-0.3, -0.25) is 4.90 Å². The highest BCUT2D eigenvalue weighted by Crippen LogP contribution is 2.28. The number of hydrogen-bond donors (Lipinski definition) is 0. The summed E-state index contributed by atoms with van der Waals surface area (Å²) in [7, 11) is 0. The fraction of sp³-hybridized carbons (Fsp3) is 0.750. The molecule has 3 nitrogen and oxygen atoms in total. The van der Waals surface area contributed by atoms with Gasteiger partial charge >= 0.3 is 0 Å². The van der Waals surface area contributed by atoms with Crippen LogP contribution in [0.15, 0.2) is 5.38 Å². The van der Waals surface area contributed by atoms with E-state index in [2.05, 4.69) is 22.2 Å². The maximum atomic E-state index is 5.81. The molecule has 1 aliphatic rings. The Hall–Kier alpha value is -0.160. The van der Waals surface area contributed by atoms with Crippen LogP contribution in [0, 0.1) is 0 Å². The van der Waals surface area contributed by atoms with E-state index >= 15 is 0 Å². The van der Waals surface area contributed by atoms with Gasteiger partial charge in [0.1, 0.15) is 5.01 Å². The van der Waals surface area contributed by atoms with Crippen molar-refractivity contribution in [2.24, 2.45) is 0 Å². The van der Waals surface area contributed by atoms with Crippen molar-refractivity contribution in [2.45, 2.75) is 31.7 Å². The SMILES string of the molecule is CCC(c1nc(CCl)cs1)N1CCCOCC1. The molecule has 0 radical (unpaired) electrons. The van der Waals surface area contributed by atoms with Crippen molar-refractivity contribution < 1.29 is 4.74 Å². The van der Waals surface area contributed by atoms with Gasteiger partial charge in [-0.1, -0.05) is 6.92 Å². The first kappa shape index (κ1) is 13.3. The van der Waals surface area contributed by atoms with Crippen LogP contribution in [0.3, 0.4) is 0 Å². The topological polar surface area (TPSA) is 25.4 Å². The molecule has 1 aliphatic heterocycles. The molecule has 5 heteroatoms. The van der Waals surface area contributed by atoms with Crippen LogP contribution < -0.4 is 0 Å². The van der Waals surface area contributed by atoms with Crippen molar-refractivity contribution in [2.75, 3.05) is 26.3 Å². The summed E-state index contributed by atoms with van der Waals surface area (Å²) in [5.41, 5.74) is 0.996. The molecule has 1 aromatic rings. The average molecular weight is 275 g/mol. The molecule has 0 aliphatic carbocycles. The second kappa shape index (κ2) is 6.69. The molecule has 0 saturated carbocycles. The molecule has 0 aromatic carbocycles. The van der Waals surface area contributed by atoms with Crippen LogP contribution in [0.5, 0.6) is 0 Å². The Balaban J connectivity index is 2.08. The maximum absolute atomic E-state index is 5.81. The van der Waals surface area contributed by atoms with Crippen LogP contribution in [0.4, 0.5) is 0 Å². The van der Waals surface area contributed by atoms with Crippen molar-refractivity contribution in [3.63, 3.8) is 0 Å². The first-order chi connectivity index (χ1) is 8.35. The summed E-state index contributed by atoms with van der Waals surface area (Å²) in [4.78, 5) is 7.10. The van der Waals surface area contributed by atoms with Crippen molar-refractivity contribution in [3.8, 4) is 0 Å². The molecule has 0 N–H and O–H groups in total. The Kier molecular flexibility index (Phi) is 5.22. The number of alkyl halides is 1. The number of rotatable bonds is 4. The molecule has 96 valence electrons. The van der Waals surface area contributed by atoms with Gasteiger partial charge in [-0.2, -0.15) is 0 Å². The standard InChI is InChI=1S/C12H19ClN2OS/c1-2-11(12-14-10(8-13)9-17-12)15-4-3-6-16-7-5-15/h9,11H,2-8H2,1H3. The predicted molar refractivity (Wildman–Crippen MR) is 71.7 cm³/mol. The third-order valence-electron chi connectivity index (χ3n) is 3.08. The zero-order chi connectivity index (χ0) is 12.1.